The molecule has 1 saturated carbocycles. The summed E-state index contributed by atoms with van der Waals surface area (Å²) in [6.07, 6.45) is 10.4. The van der Waals surface area contributed by atoms with Gasteiger partial charge >= 0.3 is 0 Å². The maximum absolute atomic E-state index is 2.34. The minimum Gasteiger partial charge on any atom is -0.0914 e. The molecule has 1 aliphatic rings. The summed E-state index contributed by atoms with van der Waals surface area (Å²) in [6.45, 7) is 4.46. The van der Waals surface area contributed by atoms with E-state index in [1.54, 1.807) is 0 Å². The lowest BCUT2D eigenvalue weighted by Gasteiger charge is -2.13. The molecule has 0 saturated heterocycles. The normalized spacial score (nSPS) is 24.2. The maximum atomic E-state index is 2.34. The Morgan fingerprint density at radius 1 is 1.30 bits per heavy atom. The first-order chi connectivity index (χ1) is 4.84. The van der Waals surface area contributed by atoms with Crippen molar-refractivity contribution in [1.29, 1.82) is 0 Å². The monoisotopic (exact) mass is 138 g/mol. The molecule has 1 aliphatic carbocycles. The van der Waals surface area contributed by atoms with Gasteiger partial charge in [0.1, 0.15) is 0 Å². The van der Waals surface area contributed by atoms with Gasteiger partial charge in [0, 0.05) is 0 Å². The van der Waals surface area contributed by atoms with Gasteiger partial charge in [-0.3, -0.25) is 0 Å². The predicted octanol–water partition coefficient (Wildman–Crippen LogP) is 3.39. The van der Waals surface area contributed by atoms with Crippen molar-refractivity contribution < 1.29 is 0 Å². The molecule has 0 heterocycles. The summed E-state index contributed by atoms with van der Waals surface area (Å²) in [4.78, 5) is 0. The first-order valence-corrected chi connectivity index (χ1v) is 4.47. The molecule has 58 valence electrons. The van der Waals surface area contributed by atoms with Crippen LogP contribution in [-0.2, 0) is 0 Å². The highest BCUT2D eigenvalue weighted by Crippen LogP contribution is 2.31. The molecule has 1 unspecified atom stereocenters. The summed E-state index contributed by atoms with van der Waals surface area (Å²) in [5.41, 5.74) is 0. The number of rotatable bonds is 2. The van der Waals surface area contributed by atoms with Crippen LogP contribution in [0.2, 0.25) is 0 Å². The largest absolute Gasteiger partial charge is 0.0914 e. The fourth-order valence-corrected chi connectivity index (χ4v) is 1.94. The van der Waals surface area contributed by atoms with Gasteiger partial charge in [0.15, 0.2) is 0 Å². The van der Waals surface area contributed by atoms with E-state index in [0.717, 1.165) is 11.8 Å². The van der Waals surface area contributed by atoms with E-state index in [0.29, 0.717) is 0 Å². The van der Waals surface area contributed by atoms with E-state index < -0.39 is 0 Å². The molecule has 0 aliphatic heterocycles. The standard InChI is InChI=1S/C10H18/c1-3-6-9(2)10-7-4-5-8-10/h3,6,9-10H,4-5,7-8H2,1-2H3/b6-3+. The second-order valence-electron chi connectivity index (χ2n) is 3.43. The topological polar surface area (TPSA) is 0 Å². The summed E-state index contributed by atoms with van der Waals surface area (Å²) in [7, 11) is 0. The van der Waals surface area contributed by atoms with Crippen LogP contribution in [-0.4, -0.2) is 0 Å². The van der Waals surface area contributed by atoms with Gasteiger partial charge in [0.05, 0.1) is 0 Å². The van der Waals surface area contributed by atoms with Gasteiger partial charge in [0.25, 0.3) is 0 Å². The van der Waals surface area contributed by atoms with Crippen LogP contribution in [0.5, 0.6) is 0 Å². The van der Waals surface area contributed by atoms with E-state index in [4.69, 9.17) is 0 Å². The molecule has 1 fully saturated rings. The summed E-state index contributed by atoms with van der Waals surface area (Å²) >= 11 is 0. The Hall–Kier alpha value is -0.260. The first-order valence-electron chi connectivity index (χ1n) is 4.47. The quantitative estimate of drug-likeness (QED) is 0.513. The predicted molar refractivity (Wildman–Crippen MR) is 45.9 cm³/mol. The maximum Gasteiger partial charge on any atom is -0.0234 e. The van der Waals surface area contributed by atoms with Crippen molar-refractivity contribution in [3.8, 4) is 0 Å². The highest BCUT2D eigenvalue weighted by atomic mass is 14.2. The molecule has 0 aromatic heterocycles. The van der Waals surface area contributed by atoms with Crippen molar-refractivity contribution in [2.45, 2.75) is 39.5 Å². The van der Waals surface area contributed by atoms with Crippen LogP contribution < -0.4 is 0 Å². The molecule has 0 amide bonds. The Kier molecular flexibility index (Phi) is 2.98. The Morgan fingerprint density at radius 3 is 2.40 bits per heavy atom. The van der Waals surface area contributed by atoms with Crippen LogP contribution in [0.3, 0.4) is 0 Å². The average molecular weight is 138 g/mol. The van der Waals surface area contributed by atoms with Crippen LogP contribution in [0, 0.1) is 11.8 Å². The molecule has 0 bridgehead atoms. The summed E-state index contributed by atoms with van der Waals surface area (Å²) in [5.74, 6) is 1.82. The Balaban J connectivity index is 2.32. The van der Waals surface area contributed by atoms with Crippen LogP contribution in [0.25, 0.3) is 0 Å². The highest BCUT2D eigenvalue weighted by molar-refractivity contribution is 4.88. The van der Waals surface area contributed by atoms with Crippen LogP contribution >= 0.6 is 0 Å². The van der Waals surface area contributed by atoms with Gasteiger partial charge in [-0.25, -0.2) is 0 Å². The molecule has 10 heavy (non-hydrogen) atoms. The van der Waals surface area contributed by atoms with Gasteiger partial charge in [0.2, 0.25) is 0 Å². The van der Waals surface area contributed by atoms with Gasteiger partial charge in [-0.15, -0.1) is 0 Å². The summed E-state index contributed by atoms with van der Waals surface area (Å²) in [5, 5.41) is 0. The molecule has 0 heteroatoms. The lowest BCUT2D eigenvalue weighted by Crippen LogP contribution is -2.03. The van der Waals surface area contributed by atoms with Crippen molar-refractivity contribution in [3.63, 3.8) is 0 Å². The van der Waals surface area contributed by atoms with Crippen LogP contribution in [0.4, 0.5) is 0 Å². The molecule has 1 atom stereocenters. The third-order valence-electron chi connectivity index (χ3n) is 2.64. The van der Waals surface area contributed by atoms with Crippen LogP contribution in [0.15, 0.2) is 12.2 Å². The number of allylic oxidation sites excluding steroid dienone is 2. The summed E-state index contributed by atoms with van der Waals surface area (Å²) < 4.78 is 0. The van der Waals surface area contributed by atoms with E-state index >= 15 is 0 Å². The Bertz CT molecular complexity index is 107. The van der Waals surface area contributed by atoms with E-state index in [1.165, 1.54) is 25.7 Å². The second kappa shape index (κ2) is 3.80. The molecular weight excluding hydrogens is 120 g/mol. The van der Waals surface area contributed by atoms with Gasteiger partial charge < -0.3 is 0 Å². The molecule has 0 spiro atoms. The number of hydrogen-bond acceptors (Lipinski definition) is 0. The van der Waals surface area contributed by atoms with Crippen molar-refractivity contribution in [1.82, 2.24) is 0 Å². The molecule has 0 radical (unpaired) electrons. The van der Waals surface area contributed by atoms with Crippen molar-refractivity contribution in [2.24, 2.45) is 11.8 Å². The Morgan fingerprint density at radius 2 is 1.90 bits per heavy atom. The second-order valence-corrected chi connectivity index (χ2v) is 3.43. The van der Waals surface area contributed by atoms with Crippen molar-refractivity contribution in [3.05, 3.63) is 12.2 Å². The molecule has 0 nitrogen and oxygen atoms in total. The minimum absolute atomic E-state index is 0.826. The first kappa shape index (κ1) is 7.84. The molecule has 0 aromatic carbocycles. The van der Waals surface area contributed by atoms with Crippen molar-refractivity contribution in [2.75, 3.05) is 0 Å². The lowest BCUT2D eigenvalue weighted by molar-refractivity contribution is 0.434. The fourth-order valence-electron chi connectivity index (χ4n) is 1.94. The highest BCUT2D eigenvalue weighted by Gasteiger charge is 2.18. The molecule has 0 aromatic rings. The van der Waals surface area contributed by atoms with E-state index in [1.807, 2.05) is 0 Å². The van der Waals surface area contributed by atoms with Crippen molar-refractivity contribution >= 4 is 0 Å². The lowest BCUT2D eigenvalue weighted by atomic mass is 9.92. The third kappa shape index (κ3) is 1.86. The fraction of sp³-hybridized carbons (Fsp3) is 0.800. The van der Waals surface area contributed by atoms with Gasteiger partial charge in [-0.1, -0.05) is 31.9 Å². The third-order valence-corrected chi connectivity index (χ3v) is 2.64. The van der Waals surface area contributed by atoms with E-state index in [9.17, 15) is 0 Å². The molecular formula is C10H18. The molecule has 0 N–H and O–H groups in total. The zero-order valence-electron chi connectivity index (χ0n) is 7.14. The van der Waals surface area contributed by atoms with Gasteiger partial charge in [-0.05, 0) is 31.6 Å². The van der Waals surface area contributed by atoms with Crippen LogP contribution in [0.1, 0.15) is 39.5 Å². The smallest absolute Gasteiger partial charge is 0.0234 e. The summed E-state index contributed by atoms with van der Waals surface area (Å²) in [6, 6.07) is 0. The zero-order valence-corrected chi connectivity index (χ0v) is 7.14. The average Bonchev–Trinajstić information content (AvgIpc) is 2.38. The van der Waals surface area contributed by atoms with E-state index in [2.05, 4.69) is 26.0 Å². The Labute approximate surface area is 64.3 Å². The minimum atomic E-state index is 0.826. The van der Waals surface area contributed by atoms with Gasteiger partial charge in [-0.2, -0.15) is 0 Å². The zero-order chi connectivity index (χ0) is 7.40. The molecule has 1 rings (SSSR count). The number of hydrogen-bond donors (Lipinski definition) is 0. The van der Waals surface area contributed by atoms with E-state index in [-0.39, 0.29) is 0 Å². The SMILES string of the molecule is C/C=C/C(C)C1CCCC1.